The number of rotatable bonds is 3. The number of amides is 1. The molecule has 0 unspecified atom stereocenters. The lowest BCUT2D eigenvalue weighted by atomic mass is 9.95. The summed E-state index contributed by atoms with van der Waals surface area (Å²) in [4.78, 5) is 21.9. The Labute approximate surface area is 149 Å². The number of aromatic nitrogens is 1. The number of ether oxygens (including phenoxy) is 2. The highest BCUT2D eigenvalue weighted by molar-refractivity contribution is 5.99. The van der Waals surface area contributed by atoms with Gasteiger partial charge in [0.25, 0.3) is 5.91 Å². The van der Waals surface area contributed by atoms with Crippen LogP contribution in [0.1, 0.15) is 42.5 Å². The number of anilines is 1. The quantitative estimate of drug-likeness (QED) is 0.841. The van der Waals surface area contributed by atoms with Crippen LogP contribution in [0.15, 0.2) is 18.3 Å². The van der Waals surface area contributed by atoms with Gasteiger partial charge in [0.05, 0.1) is 18.8 Å². The largest absolute Gasteiger partial charge is 0.356 e. The molecule has 0 bridgehead atoms. The Bertz CT molecular complexity index is 589. The van der Waals surface area contributed by atoms with Crippen LogP contribution in [0.4, 0.5) is 5.82 Å². The van der Waals surface area contributed by atoms with Gasteiger partial charge in [0.15, 0.2) is 6.29 Å². The molecule has 6 heteroatoms. The second-order valence-electron chi connectivity index (χ2n) is 7.16. The molecular formula is C19H27N3O3. The summed E-state index contributed by atoms with van der Waals surface area (Å²) in [5.41, 5.74) is 0.746. The first-order valence-corrected chi connectivity index (χ1v) is 9.55. The van der Waals surface area contributed by atoms with Gasteiger partial charge in [-0.2, -0.15) is 0 Å². The molecule has 4 heterocycles. The second kappa shape index (κ2) is 7.70. The lowest BCUT2D eigenvalue weighted by Gasteiger charge is -2.35. The van der Waals surface area contributed by atoms with E-state index < -0.39 is 0 Å². The smallest absolute Gasteiger partial charge is 0.257 e. The molecule has 0 aromatic carbocycles. The maximum absolute atomic E-state index is 13.1. The predicted molar refractivity (Wildman–Crippen MR) is 94.6 cm³/mol. The number of hydrogen-bond acceptors (Lipinski definition) is 5. The Hall–Kier alpha value is -1.66. The van der Waals surface area contributed by atoms with E-state index in [1.165, 1.54) is 19.3 Å². The fourth-order valence-electron chi connectivity index (χ4n) is 4.12. The van der Waals surface area contributed by atoms with Crippen molar-refractivity contribution in [2.45, 2.75) is 38.4 Å². The molecule has 3 aliphatic rings. The molecule has 0 N–H and O–H groups in total. The van der Waals surface area contributed by atoms with Crippen molar-refractivity contribution in [3.05, 3.63) is 23.9 Å². The van der Waals surface area contributed by atoms with Gasteiger partial charge in [0.1, 0.15) is 5.82 Å². The zero-order valence-corrected chi connectivity index (χ0v) is 14.7. The number of carbonyl (C=O) groups excluding carboxylic acids is 1. The van der Waals surface area contributed by atoms with Gasteiger partial charge in [-0.15, -0.1) is 0 Å². The van der Waals surface area contributed by atoms with Gasteiger partial charge in [-0.1, -0.05) is 0 Å². The van der Waals surface area contributed by atoms with Crippen LogP contribution in [-0.4, -0.2) is 61.5 Å². The van der Waals surface area contributed by atoms with Crippen LogP contribution in [0.25, 0.3) is 0 Å². The summed E-state index contributed by atoms with van der Waals surface area (Å²) < 4.78 is 11.3. The first kappa shape index (κ1) is 16.8. The van der Waals surface area contributed by atoms with E-state index in [0.29, 0.717) is 19.1 Å². The lowest BCUT2D eigenvalue weighted by molar-refractivity contribution is -0.0956. The first-order chi connectivity index (χ1) is 12.3. The summed E-state index contributed by atoms with van der Waals surface area (Å²) in [5.74, 6) is 1.37. The van der Waals surface area contributed by atoms with Crippen LogP contribution in [0.3, 0.4) is 0 Å². The van der Waals surface area contributed by atoms with Crippen LogP contribution in [-0.2, 0) is 9.47 Å². The van der Waals surface area contributed by atoms with Gasteiger partial charge in [-0.05, 0) is 44.2 Å². The van der Waals surface area contributed by atoms with E-state index >= 15 is 0 Å². The molecule has 0 aliphatic carbocycles. The monoisotopic (exact) mass is 345 g/mol. The molecule has 3 aliphatic heterocycles. The summed E-state index contributed by atoms with van der Waals surface area (Å²) >= 11 is 0. The number of piperidine rings is 2. The maximum Gasteiger partial charge on any atom is 0.257 e. The van der Waals surface area contributed by atoms with Crippen molar-refractivity contribution in [3.63, 3.8) is 0 Å². The van der Waals surface area contributed by atoms with E-state index in [1.54, 1.807) is 6.20 Å². The molecule has 1 aromatic rings. The van der Waals surface area contributed by atoms with E-state index in [9.17, 15) is 4.79 Å². The number of nitrogens with zero attached hydrogens (tertiary/aromatic N) is 3. The number of carbonyl (C=O) groups is 1. The highest BCUT2D eigenvalue weighted by Crippen LogP contribution is 2.28. The van der Waals surface area contributed by atoms with Crippen molar-refractivity contribution >= 4 is 11.7 Å². The minimum Gasteiger partial charge on any atom is -0.356 e. The standard InChI is InChI=1S/C19H27N3O3/c23-18(22-11-6-15(7-12-22)19-24-13-14-25-19)16-5-4-8-20-17(16)21-9-2-1-3-10-21/h4-5,8,15,19H,1-3,6-7,9-14H2. The highest BCUT2D eigenvalue weighted by Gasteiger charge is 2.33. The Morgan fingerprint density at radius 3 is 2.48 bits per heavy atom. The van der Waals surface area contributed by atoms with Gasteiger partial charge in [-0.25, -0.2) is 4.98 Å². The average molecular weight is 345 g/mol. The van der Waals surface area contributed by atoms with Crippen molar-refractivity contribution < 1.29 is 14.3 Å². The SMILES string of the molecule is O=C(c1cccnc1N1CCCCC1)N1CCC(C2OCCO2)CC1. The summed E-state index contributed by atoms with van der Waals surface area (Å²) in [6, 6.07) is 3.79. The Kier molecular flexibility index (Phi) is 5.17. The molecule has 3 saturated heterocycles. The van der Waals surface area contributed by atoms with Gasteiger partial charge in [0, 0.05) is 38.3 Å². The fraction of sp³-hybridized carbons (Fsp3) is 0.684. The third kappa shape index (κ3) is 3.65. The molecule has 1 amide bonds. The molecule has 0 spiro atoms. The van der Waals surface area contributed by atoms with E-state index in [1.807, 2.05) is 17.0 Å². The maximum atomic E-state index is 13.1. The molecular weight excluding hydrogens is 318 g/mol. The van der Waals surface area contributed by atoms with Crippen LogP contribution >= 0.6 is 0 Å². The van der Waals surface area contributed by atoms with Crippen LogP contribution in [0.5, 0.6) is 0 Å². The van der Waals surface area contributed by atoms with Gasteiger partial charge >= 0.3 is 0 Å². The molecule has 0 radical (unpaired) electrons. The summed E-state index contributed by atoms with van der Waals surface area (Å²) in [6.07, 6.45) is 7.23. The number of hydrogen-bond donors (Lipinski definition) is 0. The first-order valence-electron chi connectivity index (χ1n) is 9.55. The Morgan fingerprint density at radius 1 is 1.04 bits per heavy atom. The Balaban J connectivity index is 1.43. The number of likely N-dealkylation sites (tertiary alicyclic amines) is 1. The molecule has 0 atom stereocenters. The summed E-state index contributed by atoms with van der Waals surface area (Å²) in [7, 11) is 0. The summed E-state index contributed by atoms with van der Waals surface area (Å²) in [6.45, 7) is 4.91. The normalized spacial score (nSPS) is 23.2. The van der Waals surface area contributed by atoms with Crippen LogP contribution in [0, 0.1) is 5.92 Å². The fourth-order valence-corrected chi connectivity index (χ4v) is 4.12. The van der Waals surface area contributed by atoms with E-state index in [-0.39, 0.29) is 12.2 Å². The molecule has 136 valence electrons. The average Bonchev–Trinajstić information content (AvgIpc) is 3.23. The molecule has 4 rings (SSSR count). The molecule has 6 nitrogen and oxygen atoms in total. The zero-order chi connectivity index (χ0) is 17.1. The van der Waals surface area contributed by atoms with Crippen molar-refractivity contribution in [1.29, 1.82) is 0 Å². The summed E-state index contributed by atoms with van der Waals surface area (Å²) in [5, 5.41) is 0. The highest BCUT2D eigenvalue weighted by atomic mass is 16.7. The van der Waals surface area contributed by atoms with E-state index in [4.69, 9.17) is 9.47 Å². The molecule has 3 fully saturated rings. The molecule has 25 heavy (non-hydrogen) atoms. The van der Waals surface area contributed by atoms with Crippen molar-refractivity contribution in [3.8, 4) is 0 Å². The minimum atomic E-state index is -0.0699. The van der Waals surface area contributed by atoms with E-state index in [0.717, 1.165) is 50.4 Å². The third-order valence-electron chi connectivity index (χ3n) is 5.53. The Morgan fingerprint density at radius 2 is 1.76 bits per heavy atom. The third-order valence-corrected chi connectivity index (χ3v) is 5.53. The topological polar surface area (TPSA) is 54.9 Å². The van der Waals surface area contributed by atoms with Crippen molar-refractivity contribution in [1.82, 2.24) is 9.88 Å². The van der Waals surface area contributed by atoms with Crippen LogP contribution < -0.4 is 4.90 Å². The predicted octanol–water partition coefficient (Wildman–Crippen LogP) is 2.30. The lowest BCUT2D eigenvalue weighted by Crippen LogP contribution is -2.42. The van der Waals surface area contributed by atoms with Crippen LogP contribution in [0.2, 0.25) is 0 Å². The van der Waals surface area contributed by atoms with Crippen molar-refractivity contribution in [2.75, 3.05) is 44.3 Å². The van der Waals surface area contributed by atoms with Gasteiger partial charge < -0.3 is 19.3 Å². The number of pyridine rings is 1. The van der Waals surface area contributed by atoms with Crippen molar-refractivity contribution in [2.24, 2.45) is 5.92 Å². The molecule has 1 aromatic heterocycles. The second-order valence-corrected chi connectivity index (χ2v) is 7.16. The minimum absolute atomic E-state index is 0.0699. The van der Waals surface area contributed by atoms with Gasteiger partial charge in [-0.3, -0.25) is 4.79 Å². The van der Waals surface area contributed by atoms with Gasteiger partial charge in [0.2, 0.25) is 0 Å². The van der Waals surface area contributed by atoms with E-state index in [2.05, 4.69) is 9.88 Å². The zero-order valence-electron chi connectivity index (χ0n) is 14.7. The molecule has 0 saturated carbocycles.